The molecule has 0 aromatic heterocycles. The number of cyclic esters (lactones) is 1. The molecule has 146 valence electrons. The molecule has 1 atom stereocenters. The molecular weight excluding hydrogens is 312 g/mol. The molecule has 0 aromatic carbocycles. The van der Waals surface area contributed by atoms with E-state index in [1.807, 2.05) is 6.08 Å². The van der Waals surface area contributed by atoms with Crippen molar-refractivity contribution < 1.29 is 14.6 Å². The fourth-order valence-electron chi connectivity index (χ4n) is 3.43. The predicted molar refractivity (Wildman–Crippen MR) is 105 cm³/mol. The number of aliphatic hydroxyl groups is 1. The Morgan fingerprint density at radius 1 is 1.00 bits per heavy atom. The SMILES string of the molecule is CC(C)CCCCCCCCCCCC/C=C1/C[C@](C)(CO)OC1=O. The van der Waals surface area contributed by atoms with Crippen LogP contribution in [-0.4, -0.2) is 23.3 Å². The molecule has 3 nitrogen and oxygen atoms in total. The van der Waals surface area contributed by atoms with Crippen LogP contribution in [0.1, 0.15) is 104 Å². The number of carbonyl (C=O) groups is 1. The van der Waals surface area contributed by atoms with Gasteiger partial charge in [-0.1, -0.05) is 84.1 Å². The van der Waals surface area contributed by atoms with Gasteiger partial charge in [0.15, 0.2) is 0 Å². The van der Waals surface area contributed by atoms with E-state index in [1.165, 1.54) is 64.2 Å². The first kappa shape index (κ1) is 22.2. The molecule has 1 saturated heterocycles. The Labute approximate surface area is 155 Å². The molecule has 3 heteroatoms. The van der Waals surface area contributed by atoms with Gasteiger partial charge in [-0.15, -0.1) is 0 Å². The third-order valence-electron chi connectivity index (χ3n) is 5.13. The lowest BCUT2D eigenvalue weighted by Crippen LogP contribution is -2.28. The van der Waals surface area contributed by atoms with Crippen molar-refractivity contribution in [1.29, 1.82) is 0 Å². The zero-order valence-electron chi connectivity index (χ0n) is 16.8. The largest absolute Gasteiger partial charge is 0.453 e. The smallest absolute Gasteiger partial charge is 0.334 e. The van der Waals surface area contributed by atoms with Crippen molar-refractivity contribution in [1.82, 2.24) is 0 Å². The number of rotatable bonds is 14. The highest BCUT2D eigenvalue weighted by atomic mass is 16.6. The van der Waals surface area contributed by atoms with Crippen LogP contribution in [-0.2, 0) is 9.53 Å². The Morgan fingerprint density at radius 2 is 1.52 bits per heavy atom. The first-order valence-electron chi connectivity index (χ1n) is 10.5. The van der Waals surface area contributed by atoms with Gasteiger partial charge >= 0.3 is 5.97 Å². The van der Waals surface area contributed by atoms with Gasteiger partial charge in [-0.05, 0) is 25.7 Å². The third-order valence-corrected chi connectivity index (χ3v) is 5.13. The maximum absolute atomic E-state index is 11.7. The molecule has 0 saturated carbocycles. The van der Waals surface area contributed by atoms with Gasteiger partial charge in [-0.25, -0.2) is 4.79 Å². The number of aliphatic hydroxyl groups excluding tert-OH is 1. The van der Waals surface area contributed by atoms with Crippen molar-refractivity contribution >= 4 is 5.97 Å². The average Bonchev–Trinajstić information content (AvgIpc) is 2.86. The van der Waals surface area contributed by atoms with Crippen LogP contribution in [0.4, 0.5) is 0 Å². The molecule has 1 rings (SSSR count). The van der Waals surface area contributed by atoms with Crippen molar-refractivity contribution in [2.24, 2.45) is 5.92 Å². The third kappa shape index (κ3) is 10.0. The Bertz CT molecular complexity index is 400. The van der Waals surface area contributed by atoms with E-state index in [4.69, 9.17) is 4.74 Å². The summed E-state index contributed by atoms with van der Waals surface area (Å²) in [6.45, 7) is 6.30. The van der Waals surface area contributed by atoms with Crippen molar-refractivity contribution in [3.8, 4) is 0 Å². The molecule has 1 N–H and O–H groups in total. The predicted octanol–water partition coefficient (Wildman–Crippen LogP) is 5.95. The lowest BCUT2D eigenvalue weighted by atomic mass is 9.99. The summed E-state index contributed by atoms with van der Waals surface area (Å²) >= 11 is 0. The van der Waals surface area contributed by atoms with Gasteiger partial charge in [0.05, 0.1) is 6.61 Å². The van der Waals surface area contributed by atoms with Crippen LogP contribution in [0, 0.1) is 5.92 Å². The van der Waals surface area contributed by atoms with E-state index in [9.17, 15) is 9.90 Å². The van der Waals surface area contributed by atoms with Gasteiger partial charge in [-0.3, -0.25) is 0 Å². The summed E-state index contributed by atoms with van der Waals surface area (Å²) in [4.78, 5) is 11.7. The van der Waals surface area contributed by atoms with Crippen LogP contribution in [0.5, 0.6) is 0 Å². The molecule has 0 unspecified atom stereocenters. The second-order valence-electron chi connectivity index (χ2n) is 8.41. The first-order valence-corrected chi connectivity index (χ1v) is 10.5. The van der Waals surface area contributed by atoms with Crippen molar-refractivity contribution in [3.05, 3.63) is 11.6 Å². The fourth-order valence-corrected chi connectivity index (χ4v) is 3.43. The molecule has 0 aromatic rings. The Morgan fingerprint density at radius 3 is 2.00 bits per heavy atom. The van der Waals surface area contributed by atoms with E-state index < -0.39 is 5.60 Å². The minimum Gasteiger partial charge on any atom is -0.453 e. The molecule has 0 radical (unpaired) electrons. The molecule has 0 aliphatic carbocycles. The van der Waals surface area contributed by atoms with Crippen LogP contribution < -0.4 is 0 Å². The van der Waals surface area contributed by atoms with Gasteiger partial charge in [0.1, 0.15) is 5.60 Å². The van der Waals surface area contributed by atoms with Crippen LogP contribution in [0.15, 0.2) is 11.6 Å². The molecule has 0 bridgehead atoms. The van der Waals surface area contributed by atoms with E-state index in [0.29, 0.717) is 6.42 Å². The van der Waals surface area contributed by atoms with Crippen LogP contribution in [0.25, 0.3) is 0 Å². The molecule has 1 aliphatic heterocycles. The Balaban J connectivity index is 1.91. The van der Waals surface area contributed by atoms with E-state index >= 15 is 0 Å². The van der Waals surface area contributed by atoms with Gasteiger partial charge in [0.2, 0.25) is 0 Å². The Kier molecular flexibility index (Phi) is 11.1. The summed E-state index contributed by atoms with van der Waals surface area (Å²) in [6, 6.07) is 0. The average molecular weight is 353 g/mol. The topological polar surface area (TPSA) is 46.5 Å². The molecule has 1 fully saturated rings. The molecule has 1 heterocycles. The van der Waals surface area contributed by atoms with Crippen molar-refractivity contribution in [2.45, 2.75) is 110 Å². The maximum Gasteiger partial charge on any atom is 0.334 e. The van der Waals surface area contributed by atoms with Crippen LogP contribution in [0.3, 0.4) is 0 Å². The van der Waals surface area contributed by atoms with Crippen LogP contribution >= 0.6 is 0 Å². The normalized spacial score (nSPS) is 22.1. The quantitative estimate of drug-likeness (QED) is 0.239. The number of esters is 1. The van der Waals surface area contributed by atoms with E-state index in [0.717, 1.165) is 24.3 Å². The number of unbranched alkanes of at least 4 members (excludes halogenated alkanes) is 10. The first-order chi connectivity index (χ1) is 12.0. The van der Waals surface area contributed by atoms with Gasteiger partial charge < -0.3 is 9.84 Å². The summed E-state index contributed by atoms with van der Waals surface area (Å²) < 4.78 is 5.22. The number of ether oxygens (including phenoxy) is 1. The second-order valence-corrected chi connectivity index (χ2v) is 8.41. The molecule has 25 heavy (non-hydrogen) atoms. The van der Waals surface area contributed by atoms with E-state index in [2.05, 4.69) is 13.8 Å². The second kappa shape index (κ2) is 12.5. The maximum atomic E-state index is 11.7. The minimum atomic E-state index is -0.697. The number of carbonyl (C=O) groups excluding carboxylic acids is 1. The molecule has 1 aliphatic rings. The zero-order valence-corrected chi connectivity index (χ0v) is 16.8. The highest BCUT2D eigenvalue weighted by Gasteiger charge is 2.38. The van der Waals surface area contributed by atoms with Gasteiger partial charge in [-0.2, -0.15) is 0 Å². The van der Waals surface area contributed by atoms with Crippen molar-refractivity contribution in [2.75, 3.05) is 6.61 Å². The van der Waals surface area contributed by atoms with E-state index in [1.54, 1.807) is 6.92 Å². The lowest BCUT2D eigenvalue weighted by molar-refractivity contribution is -0.148. The number of hydrogen-bond acceptors (Lipinski definition) is 3. The summed E-state index contributed by atoms with van der Waals surface area (Å²) in [7, 11) is 0. The van der Waals surface area contributed by atoms with Gasteiger partial charge in [0.25, 0.3) is 0 Å². The summed E-state index contributed by atoms with van der Waals surface area (Å²) in [5, 5.41) is 9.25. The van der Waals surface area contributed by atoms with Crippen LogP contribution in [0.2, 0.25) is 0 Å². The zero-order chi connectivity index (χ0) is 18.5. The van der Waals surface area contributed by atoms with Gasteiger partial charge in [0, 0.05) is 12.0 Å². The fraction of sp³-hybridized carbons (Fsp3) is 0.864. The molecule has 0 amide bonds. The highest BCUT2D eigenvalue weighted by molar-refractivity contribution is 5.91. The summed E-state index contributed by atoms with van der Waals surface area (Å²) in [5.74, 6) is 0.610. The molecular formula is C22H40O3. The monoisotopic (exact) mass is 352 g/mol. The number of allylic oxidation sites excluding steroid dienone is 1. The minimum absolute atomic E-state index is 0.103. The lowest BCUT2D eigenvalue weighted by Gasteiger charge is -2.17. The Hall–Kier alpha value is -0.830. The van der Waals surface area contributed by atoms with E-state index in [-0.39, 0.29) is 12.6 Å². The number of hydrogen-bond donors (Lipinski definition) is 1. The summed E-state index contributed by atoms with van der Waals surface area (Å²) in [5.41, 5.74) is 0.0477. The highest BCUT2D eigenvalue weighted by Crippen LogP contribution is 2.30. The molecule has 0 spiro atoms. The standard InChI is InChI=1S/C22H40O3/c1-19(2)15-13-11-9-7-5-4-6-8-10-12-14-16-20-17-22(3,18-23)25-21(20)24/h16,19,23H,4-15,17-18H2,1-3H3/b20-16-/t22-/m1/s1. The summed E-state index contributed by atoms with van der Waals surface area (Å²) in [6.07, 6.45) is 18.3. The van der Waals surface area contributed by atoms with Crippen molar-refractivity contribution in [3.63, 3.8) is 0 Å².